The minimum absolute atomic E-state index is 0.157. The molecular formula is C19H17F3N2O4. The second-order valence-corrected chi connectivity index (χ2v) is 5.77. The first-order valence-corrected chi connectivity index (χ1v) is 8.05. The van der Waals surface area contributed by atoms with Crippen LogP contribution in [0.25, 0.3) is 0 Å². The SMILES string of the molecule is COC(=O)c1cccc(N(CC(=O)Nc2ccc(C(F)(F)F)cc2)C(C)=O)c1. The maximum absolute atomic E-state index is 12.6. The Morgan fingerprint density at radius 1 is 1.07 bits per heavy atom. The Labute approximate surface area is 158 Å². The smallest absolute Gasteiger partial charge is 0.416 e. The Bertz CT molecular complexity index is 879. The zero-order chi connectivity index (χ0) is 20.9. The average Bonchev–Trinajstić information content (AvgIpc) is 2.65. The first kappa shape index (κ1) is 20.9. The highest BCUT2D eigenvalue weighted by Gasteiger charge is 2.30. The number of rotatable bonds is 5. The first-order chi connectivity index (χ1) is 13.1. The zero-order valence-corrected chi connectivity index (χ0v) is 15.0. The maximum Gasteiger partial charge on any atom is 0.416 e. The molecule has 0 heterocycles. The van der Waals surface area contributed by atoms with Crippen molar-refractivity contribution >= 4 is 29.2 Å². The van der Waals surface area contributed by atoms with Gasteiger partial charge in [0, 0.05) is 18.3 Å². The molecule has 9 heteroatoms. The van der Waals surface area contributed by atoms with Crippen LogP contribution >= 0.6 is 0 Å². The van der Waals surface area contributed by atoms with Gasteiger partial charge in [-0.2, -0.15) is 13.2 Å². The molecule has 0 saturated heterocycles. The van der Waals surface area contributed by atoms with Gasteiger partial charge in [-0.3, -0.25) is 9.59 Å². The number of carbonyl (C=O) groups excluding carboxylic acids is 3. The standard InChI is InChI=1S/C19H17F3N2O4/c1-12(25)24(16-5-3-4-13(10-16)18(27)28-2)11-17(26)23-15-8-6-14(7-9-15)19(20,21)22/h3-10H,11H2,1-2H3,(H,23,26). The number of nitrogens with zero attached hydrogens (tertiary/aromatic N) is 1. The summed E-state index contributed by atoms with van der Waals surface area (Å²) in [4.78, 5) is 36.9. The van der Waals surface area contributed by atoms with E-state index in [0.717, 1.165) is 29.2 Å². The summed E-state index contributed by atoms with van der Waals surface area (Å²) in [6, 6.07) is 9.91. The van der Waals surface area contributed by atoms with Gasteiger partial charge in [-0.15, -0.1) is 0 Å². The molecule has 2 rings (SSSR count). The van der Waals surface area contributed by atoms with E-state index in [1.54, 1.807) is 6.07 Å². The lowest BCUT2D eigenvalue weighted by Crippen LogP contribution is -2.36. The number of esters is 1. The molecule has 28 heavy (non-hydrogen) atoms. The van der Waals surface area contributed by atoms with E-state index in [0.29, 0.717) is 5.69 Å². The quantitative estimate of drug-likeness (QED) is 0.788. The minimum Gasteiger partial charge on any atom is -0.465 e. The maximum atomic E-state index is 12.6. The van der Waals surface area contributed by atoms with E-state index < -0.39 is 29.5 Å². The van der Waals surface area contributed by atoms with Gasteiger partial charge in [0.25, 0.3) is 0 Å². The molecule has 6 nitrogen and oxygen atoms in total. The number of nitrogens with one attached hydrogen (secondary N) is 1. The molecule has 0 aromatic heterocycles. The summed E-state index contributed by atoms with van der Waals surface area (Å²) in [5, 5.41) is 2.43. The van der Waals surface area contributed by atoms with Crippen LogP contribution in [0, 0.1) is 0 Å². The summed E-state index contributed by atoms with van der Waals surface area (Å²) < 4.78 is 42.4. The number of hydrogen-bond acceptors (Lipinski definition) is 4. The molecule has 0 radical (unpaired) electrons. The minimum atomic E-state index is -4.47. The zero-order valence-electron chi connectivity index (χ0n) is 15.0. The van der Waals surface area contributed by atoms with Gasteiger partial charge in [0.15, 0.2) is 0 Å². The number of alkyl halides is 3. The fraction of sp³-hybridized carbons (Fsp3) is 0.211. The van der Waals surface area contributed by atoms with Crippen LogP contribution < -0.4 is 10.2 Å². The van der Waals surface area contributed by atoms with Gasteiger partial charge in [-0.05, 0) is 42.5 Å². The summed E-state index contributed by atoms with van der Waals surface area (Å²) in [7, 11) is 1.22. The number of halogens is 3. The highest BCUT2D eigenvalue weighted by atomic mass is 19.4. The number of anilines is 2. The molecule has 0 fully saturated rings. The highest BCUT2D eigenvalue weighted by molar-refractivity contribution is 6.02. The molecule has 0 bridgehead atoms. The summed E-state index contributed by atoms with van der Waals surface area (Å²) in [5.41, 5.74) is -0.173. The van der Waals surface area contributed by atoms with Crippen molar-refractivity contribution < 1.29 is 32.3 Å². The van der Waals surface area contributed by atoms with Crippen LogP contribution in [0.5, 0.6) is 0 Å². The van der Waals surface area contributed by atoms with Crippen LogP contribution in [0.4, 0.5) is 24.5 Å². The Morgan fingerprint density at radius 2 is 1.71 bits per heavy atom. The molecule has 0 aliphatic rings. The fourth-order valence-electron chi connectivity index (χ4n) is 2.39. The van der Waals surface area contributed by atoms with E-state index in [2.05, 4.69) is 10.1 Å². The molecular weight excluding hydrogens is 377 g/mol. The van der Waals surface area contributed by atoms with Gasteiger partial charge >= 0.3 is 12.1 Å². The number of carbonyl (C=O) groups is 3. The van der Waals surface area contributed by atoms with Crippen LogP contribution in [-0.4, -0.2) is 31.4 Å². The van der Waals surface area contributed by atoms with Crippen molar-refractivity contribution in [2.45, 2.75) is 13.1 Å². The Hall–Kier alpha value is -3.36. The van der Waals surface area contributed by atoms with Gasteiger partial charge in [0.05, 0.1) is 18.2 Å². The normalized spacial score (nSPS) is 10.9. The lowest BCUT2D eigenvalue weighted by Gasteiger charge is -2.21. The summed E-state index contributed by atoms with van der Waals surface area (Å²) in [5.74, 6) is -1.66. The molecule has 0 aliphatic carbocycles. The van der Waals surface area contributed by atoms with Crippen molar-refractivity contribution in [3.8, 4) is 0 Å². The number of hydrogen-bond donors (Lipinski definition) is 1. The van der Waals surface area contributed by atoms with E-state index in [9.17, 15) is 27.6 Å². The molecule has 0 aliphatic heterocycles. The lowest BCUT2D eigenvalue weighted by atomic mass is 10.2. The fourth-order valence-corrected chi connectivity index (χ4v) is 2.39. The van der Waals surface area contributed by atoms with E-state index in [1.165, 1.54) is 32.2 Å². The van der Waals surface area contributed by atoms with Crippen LogP contribution in [0.3, 0.4) is 0 Å². The van der Waals surface area contributed by atoms with Gasteiger partial charge in [0.1, 0.15) is 6.54 Å². The van der Waals surface area contributed by atoms with Gasteiger partial charge in [0.2, 0.25) is 11.8 Å². The van der Waals surface area contributed by atoms with Gasteiger partial charge in [-0.25, -0.2) is 4.79 Å². The third-order valence-corrected chi connectivity index (χ3v) is 3.76. The molecule has 148 valence electrons. The number of methoxy groups -OCH3 is 1. The lowest BCUT2D eigenvalue weighted by molar-refractivity contribution is -0.137. The molecule has 0 saturated carbocycles. The summed E-state index contributed by atoms with van der Waals surface area (Å²) in [6.07, 6.45) is -4.47. The van der Waals surface area contributed by atoms with Gasteiger partial charge < -0.3 is 15.0 Å². The predicted molar refractivity (Wildman–Crippen MR) is 95.9 cm³/mol. The Kier molecular flexibility index (Phi) is 6.40. The summed E-state index contributed by atoms with van der Waals surface area (Å²) in [6.45, 7) is 0.858. The van der Waals surface area contributed by atoms with Crippen molar-refractivity contribution in [1.82, 2.24) is 0 Å². The van der Waals surface area contributed by atoms with Gasteiger partial charge in [-0.1, -0.05) is 6.07 Å². The van der Waals surface area contributed by atoms with Crippen LogP contribution in [0.2, 0.25) is 0 Å². The first-order valence-electron chi connectivity index (χ1n) is 8.05. The van der Waals surface area contributed by atoms with Crippen molar-refractivity contribution in [2.24, 2.45) is 0 Å². The molecule has 2 aromatic rings. The molecule has 0 unspecified atom stereocenters. The molecule has 0 spiro atoms. The Balaban J connectivity index is 2.13. The van der Waals surface area contributed by atoms with E-state index >= 15 is 0 Å². The van der Waals surface area contributed by atoms with Crippen LogP contribution in [0.15, 0.2) is 48.5 Å². The second kappa shape index (κ2) is 8.55. The Morgan fingerprint density at radius 3 is 2.25 bits per heavy atom. The molecule has 0 atom stereocenters. The predicted octanol–water partition coefficient (Wildman–Crippen LogP) is 3.48. The van der Waals surface area contributed by atoms with E-state index in [1.807, 2.05) is 0 Å². The van der Waals surface area contributed by atoms with Crippen LogP contribution in [-0.2, 0) is 20.5 Å². The van der Waals surface area contributed by atoms with Crippen LogP contribution in [0.1, 0.15) is 22.8 Å². The molecule has 2 amide bonds. The number of ether oxygens (including phenoxy) is 1. The van der Waals surface area contributed by atoms with Crippen molar-refractivity contribution in [3.63, 3.8) is 0 Å². The number of amides is 2. The van der Waals surface area contributed by atoms with E-state index in [4.69, 9.17) is 0 Å². The highest BCUT2D eigenvalue weighted by Crippen LogP contribution is 2.29. The van der Waals surface area contributed by atoms with Crippen molar-refractivity contribution in [2.75, 3.05) is 23.9 Å². The average molecular weight is 394 g/mol. The number of benzene rings is 2. The van der Waals surface area contributed by atoms with Crippen molar-refractivity contribution in [1.29, 1.82) is 0 Å². The third-order valence-electron chi connectivity index (χ3n) is 3.76. The molecule has 2 aromatic carbocycles. The van der Waals surface area contributed by atoms with Crippen molar-refractivity contribution in [3.05, 3.63) is 59.7 Å². The molecule has 1 N–H and O–H groups in total. The third kappa shape index (κ3) is 5.32. The van der Waals surface area contributed by atoms with E-state index in [-0.39, 0.29) is 17.8 Å². The second-order valence-electron chi connectivity index (χ2n) is 5.77. The monoisotopic (exact) mass is 394 g/mol. The summed E-state index contributed by atoms with van der Waals surface area (Å²) >= 11 is 0. The largest absolute Gasteiger partial charge is 0.465 e. The topological polar surface area (TPSA) is 75.7 Å².